The van der Waals surface area contributed by atoms with E-state index in [4.69, 9.17) is 4.74 Å². The van der Waals surface area contributed by atoms with Gasteiger partial charge in [-0.3, -0.25) is 14.4 Å². The second-order valence-electron chi connectivity index (χ2n) is 5.90. The minimum atomic E-state index is -0.321. The largest absolute Gasteiger partial charge is 0.466 e. The topological polar surface area (TPSA) is 75.7 Å². The maximum Gasteiger partial charge on any atom is 0.307 e. The van der Waals surface area contributed by atoms with E-state index in [-0.39, 0.29) is 24.2 Å². The molecule has 1 aromatic rings. The number of hydrogen-bond donors (Lipinski definition) is 1. The van der Waals surface area contributed by atoms with Crippen molar-refractivity contribution in [1.82, 2.24) is 10.2 Å². The Bertz CT molecular complexity index is 569. The predicted molar refractivity (Wildman–Crippen MR) is 96.0 cm³/mol. The fourth-order valence-electron chi connectivity index (χ4n) is 2.35. The first kappa shape index (κ1) is 20.7. The molecule has 0 spiro atoms. The van der Waals surface area contributed by atoms with E-state index in [1.165, 1.54) is 12.5 Å². The van der Waals surface area contributed by atoms with Crippen LogP contribution in [0.2, 0.25) is 0 Å². The first-order valence-corrected chi connectivity index (χ1v) is 8.65. The Morgan fingerprint density at radius 2 is 1.76 bits per heavy atom. The van der Waals surface area contributed by atoms with Gasteiger partial charge in [-0.05, 0) is 25.8 Å². The predicted octanol–water partition coefficient (Wildman–Crippen LogP) is 1.85. The van der Waals surface area contributed by atoms with Crippen molar-refractivity contribution in [1.29, 1.82) is 0 Å². The van der Waals surface area contributed by atoms with Crippen LogP contribution in [0.5, 0.6) is 0 Å². The summed E-state index contributed by atoms with van der Waals surface area (Å²) in [7, 11) is 0. The smallest absolute Gasteiger partial charge is 0.307 e. The molecule has 0 unspecified atom stereocenters. The lowest BCUT2D eigenvalue weighted by molar-refractivity contribution is -0.144. The number of aryl methyl sites for hydroxylation is 2. The summed E-state index contributed by atoms with van der Waals surface area (Å²) in [5.41, 5.74) is 2.28. The van der Waals surface area contributed by atoms with Gasteiger partial charge in [0.2, 0.25) is 11.8 Å². The summed E-state index contributed by atoms with van der Waals surface area (Å²) in [5.74, 6) is -0.494. The van der Waals surface area contributed by atoms with Crippen molar-refractivity contribution >= 4 is 17.8 Å². The number of nitrogens with zero attached hydrogens (tertiary/aromatic N) is 1. The summed E-state index contributed by atoms with van der Waals surface area (Å²) in [5, 5.41) is 2.67. The van der Waals surface area contributed by atoms with Crippen LogP contribution in [-0.4, -0.2) is 48.9 Å². The van der Waals surface area contributed by atoms with Crippen LogP contribution in [0.4, 0.5) is 0 Å². The molecular weight excluding hydrogens is 320 g/mol. The summed E-state index contributed by atoms with van der Waals surface area (Å²) in [6, 6.07) is 8.08. The number of carbonyl (C=O) groups excluding carboxylic acids is 3. The Morgan fingerprint density at radius 3 is 2.36 bits per heavy atom. The van der Waals surface area contributed by atoms with E-state index in [0.29, 0.717) is 39.1 Å². The molecule has 138 valence electrons. The average Bonchev–Trinajstić information content (AvgIpc) is 2.57. The normalized spacial score (nSPS) is 10.2. The monoisotopic (exact) mass is 348 g/mol. The summed E-state index contributed by atoms with van der Waals surface area (Å²) in [6.07, 6.45) is 1.17. The molecule has 1 rings (SSSR count). The van der Waals surface area contributed by atoms with Gasteiger partial charge in [0.15, 0.2) is 0 Å². The first-order valence-electron chi connectivity index (χ1n) is 8.65. The molecule has 0 heterocycles. The second kappa shape index (κ2) is 11.2. The van der Waals surface area contributed by atoms with Crippen molar-refractivity contribution in [2.45, 2.75) is 40.0 Å². The van der Waals surface area contributed by atoms with Gasteiger partial charge in [-0.15, -0.1) is 0 Å². The number of esters is 1. The third kappa shape index (κ3) is 8.88. The first-order chi connectivity index (χ1) is 11.9. The fourth-order valence-corrected chi connectivity index (χ4v) is 2.35. The highest BCUT2D eigenvalue weighted by Crippen LogP contribution is 2.08. The van der Waals surface area contributed by atoms with Gasteiger partial charge in [0.05, 0.1) is 13.0 Å². The van der Waals surface area contributed by atoms with Gasteiger partial charge >= 0.3 is 5.97 Å². The van der Waals surface area contributed by atoms with Crippen LogP contribution in [0.1, 0.15) is 37.8 Å². The van der Waals surface area contributed by atoms with Crippen LogP contribution in [0, 0.1) is 6.92 Å². The third-order valence-electron chi connectivity index (χ3n) is 3.75. The zero-order chi connectivity index (χ0) is 18.7. The average molecular weight is 348 g/mol. The molecular formula is C19H28N2O4. The number of benzene rings is 1. The summed E-state index contributed by atoms with van der Waals surface area (Å²) in [6.45, 7) is 6.58. The number of rotatable bonds is 10. The van der Waals surface area contributed by atoms with Crippen molar-refractivity contribution in [3.05, 3.63) is 35.4 Å². The molecule has 1 aromatic carbocycles. The molecule has 0 aliphatic carbocycles. The number of ether oxygens (including phenoxy) is 1. The van der Waals surface area contributed by atoms with Crippen molar-refractivity contribution in [2.75, 3.05) is 26.2 Å². The zero-order valence-electron chi connectivity index (χ0n) is 15.3. The van der Waals surface area contributed by atoms with Crippen molar-refractivity contribution in [2.24, 2.45) is 0 Å². The van der Waals surface area contributed by atoms with E-state index >= 15 is 0 Å². The highest BCUT2D eigenvalue weighted by Gasteiger charge is 2.15. The van der Waals surface area contributed by atoms with Crippen LogP contribution in [0.3, 0.4) is 0 Å². The number of carbonyl (C=O) groups is 3. The number of amides is 2. The van der Waals surface area contributed by atoms with E-state index in [2.05, 4.69) is 5.32 Å². The van der Waals surface area contributed by atoms with Crippen LogP contribution >= 0.6 is 0 Å². The summed E-state index contributed by atoms with van der Waals surface area (Å²) < 4.78 is 4.91. The van der Waals surface area contributed by atoms with E-state index in [0.717, 1.165) is 5.56 Å². The molecule has 0 saturated carbocycles. The van der Waals surface area contributed by atoms with Gasteiger partial charge in [0.1, 0.15) is 0 Å². The molecule has 6 heteroatoms. The maximum absolute atomic E-state index is 12.5. The van der Waals surface area contributed by atoms with E-state index in [9.17, 15) is 14.4 Å². The third-order valence-corrected chi connectivity index (χ3v) is 3.75. The molecule has 0 aliphatic rings. The minimum Gasteiger partial charge on any atom is -0.466 e. The molecule has 0 aromatic heterocycles. The quantitative estimate of drug-likeness (QED) is 0.655. The zero-order valence-corrected chi connectivity index (χ0v) is 15.3. The highest BCUT2D eigenvalue weighted by atomic mass is 16.5. The molecule has 1 N–H and O–H groups in total. The van der Waals surface area contributed by atoms with E-state index in [1.54, 1.807) is 11.8 Å². The molecule has 0 fully saturated rings. The highest BCUT2D eigenvalue weighted by molar-refractivity contribution is 5.78. The second-order valence-corrected chi connectivity index (χ2v) is 5.90. The van der Waals surface area contributed by atoms with Gasteiger partial charge in [-0.2, -0.15) is 0 Å². The molecule has 25 heavy (non-hydrogen) atoms. The lowest BCUT2D eigenvalue weighted by Crippen LogP contribution is -2.39. The molecule has 0 saturated heterocycles. The molecule has 6 nitrogen and oxygen atoms in total. The van der Waals surface area contributed by atoms with Gasteiger partial charge in [0, 0.05) is 33.0 Å². The van der Waals surface area contributed by atoms with Gasteiger partial charge in [-0.1, -0.05) is 29.8 Å². The molecule has 2 amide bonds. The van der Waals surface area contributed by atoms with E-state index in [1.807, 2.05) is 31.2 Å². The Balaban J connectivity index is 2.55. The fraction of sp³-hybridized carbons (Fsp3) is 0.526. The molecule has 0 bridgehead atoms. The SMILES string of the molecule is CCOC(=O)CCN(CCNC(C)=O)C(=O)CCc1ccc(C)cc1. The maximum atomic E-state index is 12.5. The van der Waals surface area contributed by atoms with Crippen molar-refractivity contribution in [3.63, 3.8) is 0 Å². The Labute approximate surface area is 149 Å². The number of hydrogen-bond acceptors (Lipinski definition) is 4. The van der Waals surface area contributed by atoms with E-state index < -0.39 is 0 Å². The molecule has 0 radical (unpaired) electrons. The van der Waals surface area contributed by atoms with Crippen LogP contribution < -0.4 is 5.32 Å². The van der Waals surface area contributed by atoms with Crippen molar-refractivity contribution < 1.29 is 19.1 Å². The Morgan fingerprint density at radius 1 is 1.08 bits per heavy atom. The standard InChI is InChI=1S/C19H28N2O4/c1-4-25-19(24)11-13-21(14-12-20-16(3)22)18(23)10-9-17-7-5-15(2)6-8-17/h5-8H,4,9-14H2,1-3H3,(H,20,22). The van der Waals surface area contributed by atoms with Gasteiger partial charge in [0.25, 0.3) is 0 Å². The number of nitrogens with one attached hydrogen (secondary N) is 1. The van der Waals surface area contributed by atoms with Crippen LogP contribution in [0.25, 0.3) is 0 Å². The van der Waals surface area contributed by atoms with Gasteiger partial charge in [-0.25, -0.2) is 0 Å². The minimum absolute atomic E-state index is 0.0322. The molecule has 0 atom stereocenters. The Kier molecular flexibility index (Phi) is 9.29. The Hall–Kier alpha value is -2.37. The summed E-state index contributed by atoms with van der Waals surface area (Å²) >= 11 is 0. The lowest BCUT2D eigenvalue weighted by atomic mass is 10.1. The van der Waals surface area contributed by atoms with Crippen LogP contribution in [-0.2, 0) is 25.5 Å². The van der Waals surface area contributed by atoms with Crippen LogP contribution in [0.15, 0.2) is 24.3 Å². The van der Waals surface area contributed by atoms with Crippen molar-refractivity contribution in [3.8, 4) is 0 Å². The van der Waals surface area contributed by atoms with Gasteiger partial charge < -0.3 is 15.0 Å². The molecule has 0 aliphatic heterocycles. The lowest BCUT2D eigenvalue weighted by Gasteiger charge is -2.22. The summed E-state index contributed by atoms with van der Waals surface area (Å²) in [4.78, 5) is 36.6.